The summed E-state index contributed by atoms with van der Waals surface area (Å²) in [5, 5.41) is 2.95. The van der Waals surface area contributed by atoms with Crippen molar-refractivity contribution in [2.75, 3.05) is 26.3 Å². The van der Waals surface area contributed by atoms with Crippen molar-refractivity contribution in [2.24, 2.45) is 0 Å². The molecule has 1 aromatic heterocycles. The molecule has 1 aliphatic heterocycles. The molecule has 8 heteroatoms. The maximum absolute atomic E-state index is 12.5. The second-order valence-electron chi connectivity index (χ2n) is 5.13. The summed E-state index contributed by atoms with van der Waals surface area (Å²) in [7, 11) is -3.46. The first-order valence-electron chi connectivity index (χ1n) is 7.27. The van der Waals surface area contributed by atoms with Crippen LogP contribution in [-0.4, -0.2) is 44.0 Å². The molecular formula is C15H18N2O4S2. The van der Waals surface area contributed by atoms with Crippen LogP contribution < -0.4 is 4.74 Å². The lowest BCUT2D eigenvalue weighted by Gasteiger charge is -2.26. The van der Waals surface area contributed by atoms with Crippen molar-refractivity contribution in [3.05, 3.63) is 40.3 Å². The summed E-state index contributed by atoms with van der Waals surface area (Å²) in [4.78, 5) is 4.60. The van der Waals surface area contributed by atoms with Crippen LogP contribution in [0.3, 0.4) is 0 Å². The smallest absolute Gasteiger partial charge is 0.243 e. The fourth-order valence-corrected chi connectivity index (χ4v) is 4.28. The van der Waals surface area contributed by atoms with Gasteiger partial charge in [-0.2, -0.15) is 4.31 Å². The minimum atomic E-state index is -3.46. The quantitative estimate of drug-likeness (QED) is 0.822. The SMILES string of the molecule is Cc1nc(COc2ccc(S(=O)(=O)N3CCOCC3)cc2)cs1. The molecule has 1 saturated heterocycles. The second kappa shape index (κ2) is 6.96. The molecule has 0 spiro atoms. The Morgan fingerprint density at radius 1 is 1.26 bits per heavy atom. The van der Waals surface area contributed by atoms with E-state index in [9.17, 15) is 8.42 Å². The van der Waals surface area contributed by atoms with Gasteiger partial charge in [0.25, 0.3) is 0 Å². The molecule has 23 heavy (non-hydrogen) atoms. The van der Waals surface area contributed by atoms with E-state index < -0.39 is 10.0 Å². The standard InChI is InChI=1S/C15H18N2O4S2/c1-12-16-13(11-22-12)10-21-14-2-4-15(5-3-14)23(18,19)17-6-8-20-9-7-17/h2-5,11H,6-10H2,1H3. The van der Waals surface area contributed by atoms with Gasteiger partial charge in [-0.25, -0.2) is 13.4 Å². The van der Waals surface area contributed by atoms with E-state index in [1.807, 2.05) is 12.3 Å². The highest BCUT2D eigenvalue weighted by molar-refractivity contribution is 7.89. The predicted molar refractivity (Wildman–Crippen MR) is 87.2 cm³/mol. The average Bonchev–Trinajstić information content (AvgIpc) is 3.00. The lowest BCUT2D eigenvalue weighted by molar-refractivity contribution is 0.0730. The number of nitrogens with zero attached hydrogens (tertiary/aromatic N) is 2. The van der Waals surface area contributed by atoms with Crippen molar-refractivity contribution in [1.82, 2.24) is 9.29 Å². The highest BCUT2D eigenvalue weighted by atomic mass is 32.2. The summed E-state index contributed by atoms with van der Waals surface area (Å²) in [5.41, 5.74) is 0.873. The van der Waals surface area contributed by atoms with Gasteiger partial charge in [0.2, 0.25) is 10.0 Å². The van der Waals surface area contributed by atoms with Crippen LogP contribution in [0, 0.1) is 6.92 Å². The number of sulfonamides is 1. The van der Waals surface area contributed by atoms with Crippen LogP contribution in [0.1, 0.15) is 10.7 Å². The van der Waals surface area contributed by atoms with E-state index >= 15 is 0 Å². The predicted octanol–water partition coefficient (Wildman–Crippen LogP) is 2.05. The minimum absolute atomic E-state index is 0.274. The molecule has 3 rings (SSSR count). The summed E-state index contributed by atoms with van der Waals surface area (Å²) in [6.45, 7) is 3.98. The zero-order chi connectivity index (χ0) is 16.3. The summed E-state index contributed by atoms with van der Waals surface area (Å²) < 4.78 is 37.3. The van der Waals surface area contributed by atoms with Crippen molar-refractivity contribution in [2.45, 2.75) is 18.4 Å². The number of aryl methyl sites for hydroxylation is 1. The molecule has 0 atom stereocenters. The third-order valence-electron chi connectivity index (χ3n) is 3.48. The van der Waals surface area contributed by atoms with E-state index in [1.165, 1.54) is 4.31 Å². The van der Waals surface area contributed by atoms with Gasteiger partial charge in [0, 0.05) is 18.5 Å². The normalized spacial score (nSPS) is 16.4. The Balaban J connectivity index is 1.66. The Morgan fingerprint density at radius 2 is 1.96 bits per heavy atom. The molecule has 6 nitrogen and oxygen atoms in total. The van der Waals surface area contributed by atoms with E-state index in [1.54, 1.807) is 35.6 Å². The van der Waals surface area contributed by atoms with Crippen LogP contribution >= 0.6 is 11.3 Å². The van der Waals surface area contributed by atoms with Gasteiger partial charge in [-0.3, -0.25) is 0 Å². The fourth-order valence-electron chi connectivity index (χ4n) is 2.28. The van der Waals surface area contributed by atoms with Crippen molar-refractivity contribution in [3.8, 4) is 5.75 Å². The molecule has 0 saturated carbocycles. The molecule has 124 valence electrons. The zero-order valence-corrected chi connectivity index (χ0v) is 14.4. The zero-order valence-electron chi connectivity index (χ0n) is 12.8. The highest BCUT2D eigenvalue weighted by Gasteiger charge is 2.26. The van der Waals surface area contributed by atoms with Crippen LogP contribution in [0.5, 0.6) is 5.75 Å². The molecule has 0 radical (unpaired) electrons. The van der Waals surface area contributed by atoms with Crippen molar-refractivity contribution in [1.29, 1.82) is 0 Å². The first kappa shape index (κ1) is 16.4. The van der Waals surface area contributed by atoms with Gasteiger partial charge < -0.3 is 9.47 Å². The molecule has 0 N–H and O–H groups in total. The van der Waals surface area contributed by atoms with Crippen molar-refractivity contribution < 1.29 is 17.9 Å². The van der Waals surface area contributed by atoms with Crippen LogP contribution in [0.15, 0.2) is 34.5 Å². The molecular weight excluding hydrogens is 336 g/mol. The first-order chi connectivity index (χ1) is 11.1. The number of ether oxygens (including phenoxy) is 2. The maximum Gasteiger partial charge on any atom is 0.243 e. The van der Waals surface area contributed by atoms with E-state index in [0.717, 1.165) is 10.7 Å². The first-order valence-corrected chi connectivity index (χ1v) is 9.59. The van der Waals surface area contributed by atoms with E-state index in [4.69, 9.17) is 9.47 Å². The maximum atomic E-state index is 12.5. The lowest BCUT2D eigenvalue weighted by Crippen LogP contribution is -2.40. The highest BCUT2D eigenvalue weighted by Crippen LogP contribution is 2.21. The number of hydrogen-bond donors (Lipinski definition) is 0. The molecule has 0 unspecified atom stereocenters. The van der Waals surface area contributed by atoms with Crippen LogP contribution in [0.25, 0.3) is 0 Å². The molecule has 0 amide bonds. The Bertz CT molecular complexity index is 750. The Morgan fingerprint density at radius 3 is 2.57 bits per heavy atom. The van der Waals surface area contributed by atoms with Gasteiger partial charge >= 0.3 is 0 Å². The largest absolute Gasteiger partial charge is 0.487 e. The van der Waals surface area contributed by atoms with Gasteiger partial charge in [-0.05, 0) is 31.2 Å². The van der Waals surface area contributed by atoms with Gasteiger partial charge in [-0.15, -0.1) is 11.3 Å². The number of hydrogen-bond acceptors (Lipinski definition) is 6. The molecule has 1 fully saturated rings. The summed E-state index contributed by atoms with van der Waals surface area (Å²) in [6, 6.07) is 6.50. The molecule has 2 heterocycles. The number of rotatable bonds is 5. The molecule has 0 bridgehead atoms. The summed E-state index contributed by atoms with van der Waals surface area (Å²) in [5.74, 6) is 0.622. The molecule has 2 aromatic rings. The van der Waals surface area contributed by atoms with Gasteiger partial charge in [0.15, 0.2) is 0 Å². The van der Waals surface area contributed by atoms with Crippen molar-refractivity contribution in [3.63, 3.8) is 0 Å². The van der Waals surface area contributed by atoms with E-state index in [2.05, 4.69) is 4.98 Å². The van der Waals surface area contributed by atoms with Gasteiger partial charge in [0.05, 0.1) is 28.8 Å². The van der Waals surface area contributed by atoms with E-state index in [-0.39, 0.29) is 4.90 Å². The number of aromatic nitrogens is 1. The summed E-state index contributed by atoms with van der Waals surface area (Å²) in [6.07, 6.45) is 0. The molecule has 0 aliphatic carbocycles. The lowest BCUT2D eigenvalue weighted by atomic mass is 10.3. The van der Waals surface area contributed by atoms with Crippen molar-refractivity contribution >= 4 is 21.4 Å². The third-order valence-corrected chi connectivity index (χ3v) is 6.22. The minimum Gasteiger partial charge on any atom is -0.487 e. The Hall–Kier alpha value is -1.48. The number of thiazole rings is 1. The molecule has 1 aliphatic rings. The van der Waals surface area contributed by atoms with Crippen LogP contribution in [0.2, 0.25) is 0 Å². The third kappa shape index (κ3) is 3.89. The fraction of sp³-hybridized carbons (Fsp3) is 0.400. The van der Waals surface area contributed by atoms with Crippen LogP contribution in [0.4, 0.5) is 0 Å². The second-order valence-corrected chi connectivity index (χ2v) is 8.13. The van der Waals surface area contributed by atoms with Crippen LogP contribution in [-0.2, 0) is 21.4 Å². The number of benzene rings is 1. The van der Waals surface area contributed by atoms with E-state index in [0.29, 0.717) is 38.7 Å². The Kier molecular flexibility index (Phi) is 4.96. The monoisotopic (exact) mass is 354 g/mol. The Labute approximate surface area is 139 Å². The number of morpholine rings is 1. The molecule has 1 aromatic carbocycles. The van der Waals surface area contributed by atoms with Gasteiger partial charge in [0.1, 0.15) is 12.4 Å². The average molecular weight is 354 g/mol. The van der Waals surface area contributed by atoms with Gasteiger partial charge in [-0.1, -0.05) is 0 Å². The summed E-state index contributed by atoms with van der Waals surface area (Å²) >= 11 is 1.58. The topological polar surface area (TPSA) is 68.7 Å².